The zero-order valence-electron chi connectivity index (χ0n) is 14.1. The maximum Gasteiger partial charge on any atom is 0.218 e. The third-order valence-electron chi connectivity index (χ3n) is 3.83. The summed E-state index contributed by atoms with van der Waals surface area (Å²) in [4.78, 5) is 9.17. The molecular weight excluding hydrogens is 278 g/mol. The Kier molecular flexibility index (Phi) is 6.90. The number of hydrogen-bond acceptors (Lipinski definition) is 5. The average Bonchev–Trinajstić information content (AvgIpc) is 2.47. The third kappa shape index (κ3) is 5.79. The highest BCUT2D eigenvalue weighted by molar-refractivity contribution is 5.39. The Hall–Kier alpha value is -1.36. The lowest BCUT2D eigenvalue weighted by Gasteiger charge is -2.23. The Labute approximate surface area is 133 Å². The van der Waals surface area contributed by atoms with Crippen LogP contribution >= 0.6 is 0 Å². The van der Waals surface area contributed by atoms with Gasteiger partial charge in [0.05, 0.1) is 6.61 Å². The largest absolute Gasteiger partial charge is 0.475 e. The molecule has 5 heteroatoms. The number of rotatable bonds is 8. The van der Waals surface area contributed by atoms with Gasteiger partial charge >= 0.3 is 0 Å². The Morgan fingerprint density at radius 3 is 2.64 bits per heavy atom. The highest BCUT2D eigenvalue weighted by atomic mass is 16.5. The topological polar surface area (TPSA) is 56.3 Å². The molecule has 1 aromatic rings. The lowest BCUT2D eigenvalue weighted by atomic mass is 9.95. The Morgan fingerprint density at radius 1 is 1.18 bits per heavy atom. The fraction of sp³-hybridized carbons (Fsp3) is 0.765. The summed E-state index contributed by atoms with van der Waals surface area (Å²) in [7, 11) is 1.67. The van der Waals surface area contributed by atoms with Crippen molar-refractivity contribution < 1.29 is 9.47 Å². The van der Waals surface area contributed by atoms with E-state index < -0.39 is 0 Å². The Balaban J connectivity index is 2.06. The molecule has 0 bridgehead atoms. The number of nitrogens with zero attached hydrogens (tertiary/aromatic N) is 2. The van der Waals surface area contributed by atoms with Crippen molar-refractivity contribution in [2.75, 3.05) is 25.6 Å². The lowest BCUT2D eigenvalue weighted by molar-refractivity contribution is 0.143. The van der Waals surface area contributed by atoms with Crippen molar-refractivity contribution in [2.24, 2.45) is 5.92 Å². The lowest BCUT2D eigenvalue weighted by Crippen LogP contribution is -2.23. The van der Waals surface area contributed by atoms with Gasteiger partial charge in [0.2, 0.25) is 5.88 Å². The van der Waals surface area contributed by atoms with Crippen LogP contribution in [0.25, 0.3) is 0 Å². The van der Waals surface area contributed by atoms with Gasteiger partial charge in [0, 0.05) is 25.6 Å². The first-order valence-corrected chi connectivity index (χ1v) is 8.43. The summed E-state index contributed by atoms with van der Waals surface area (Å²) in [6.07, 6.45) is 7.27. The van der Waals surface area contributed by atoms with Crippen molar-refractivity contribution in [3.8, 4) is 5.88 Å². The number of methoxy groups -OCH3 is 1. The van der Waals surface area contributed by atoms with Crippen LogP contribution in [0.4, 0.5) is 5.82 Å². The molecule has 0 atom stereocenters. The summed E-state index contributed by atoms with van der Waals surface area (Å²) < 4.78 is 10.7. The Bertz CT molecular complexity index is 446. The summed E-state index contributed by atoms with van der Waals surface area (Å²) >= 11 is 0. The monoisotopic (exact) mass is 307 g/mol. The number of hydrogen-bond donors (Lipinski definition) is 1. The van der Waals surface area contributed by atoms with Crippen molar-refractivity contribution in [1.82, 2.24) is 9.97 Å². The van der Waals surface area contributed by atoms with Crippen LogP contribution in [0, 0.1) is 5.92 Å². The van der Waals surface area contributed by atoms with Crippen molar-refractivity contribution in [3.63, 3.8) is 0 Å². The van der Waals surface area contributed by atoms with E-state index in [0.29, 0.717) is 31.1 Å². The molecule has 1 aliphatic rings. The van der Waals surface area contributed by atoms with E-state index in [9.17, 15) is 0 Å². The van der Waals surface area contributed by atoms with Gasteiger partial charge in [0.25, 0.3) is 0 Å². The summed E-state index contributed by atoms with van der Waals surface area (Å²) in [6, 6.07) is 2.44. The van der Waals surface area contributed by atoms with Gasteiger partial charge in [-0.05, 0) is 18.8 Å². The minimum atomic E-state index is 0.511. The standard InChI is InChI=1S/C17H29N3O2/c1-13(2)11-15-19-16(18-14-7-5-4-6-8-14)12-17(20-15)22-10-9-21-3/h12-14H,4-11H2,1-3H3,(H,18,19,20). The molecule has 22 heavy (non-hydrogen) atoms. The third-order valence-corrected chi connectivity index (χ3v) is 3.83. The van der Waals surface area contributed by atoms with Crippen LogP contribution < -0.4 is 10.1 Å². The van der Waals surface area contributed by atoms with Gasteiger partial charge in [-0.2, -0.15) is 4.98 Å². The molecule has 0 spiro atoms. The quantitative estimate of drug-likeness (QED) is 0.746. The second kappa shape index (κ2) is 8.93. The van der Waals surface area contributed by atoms with Crippen LogP contribution in [-0.4, -0.2) is 36.3 Å². The molecule has 0 aliphatic heterocycles. The van der Waals surface area contributed by atoms with E-state index in [0.717, 1.165) is 18.1 Å². The first-order valence-electron chi connectivity index (χ1n) is 8.43. The average molecular weight is 307 g/mol. The second-order valence-electron chi connectivity index (χ2n) is 6.43. The first-order chi connectivity index (χ1) is 10.7. The smallest absolute Gasteiger partial charge is 0.218 e. The molecule has 1 N–H and O–H groups in total. The van der Waals surface area contributed by atoms with Crippen LogP contribution in [0.3, 0.4) is 0 Å². The van der Waals surface area contributed by atoms with Gasteiger partial charge in [-0.1, -0.05) is 33.1 Å². The molecule has 5 nitrogen and oxygen atoms in total. The van der Waals surface area contributed by atoms with E-state index in [1.807, 2.05) is 6.07 Å². The molecule has 0 radical (unpaired) electrons. The first kappa shape index (κ1) is 17.0. The van der Waals surface area contributed by atoms with E-state index in [1.54, 1.807) is 7.11 Å². The molecule has 0 unspecified atom stereocenters. The fourth-order valence-corrected chi connectivity index (χ4v) is 2.76. The minimum absolute atomic E-state index is 0.511. The zero-order valence-corrected chi connectivity index (χ0v) is 14.1. The molecule has 1 aromatic heterocycles. The highest BCUT2D eigenvalue weighted by Crippen LogP contribution is 2.23. The molecule has 0 aromatic carbocycles. The molecule has 0 saturated heterocycles. The van der Waals surface area contributed by atoms with Crippen molar-refractivity contribution in [2.45, 2.75) is 58.4 Å². The van der Waals surface area contributed by atoms with Crippen LogP contribution in [0.15, 0.2) is 6.07 Å². The van der Waals surface area contributed by atoms with Gasteiger partial charge in [-0.3, -0.25) is 0 Å². The van der Waals surface area contributed by atoms with Crippen LogP contribution in [0.1, 0.15) is 51.8 Å². The van der Waals surface area contributed by atoms with E-state index >= 15 is 0 Å². The van der Waals surface area contributed by atoms with Crippen LogP contribution in [0.5, 0.6) is 5.88 Å². The number of ether oxygens (including phenoxy) is 2. The van der Waals surface area contributed by atoms with E-state index in [1.165, 1.54) is 32.1 Å². The van der Waals surface area contributed by atoms with E-state index in [4.69, 9.17) is 9.47 Å². The molecule has 1 aliphatic carbocycles. The highest BCUT2D eigenvalue weighted by Gasteiger charge is 2.15. The molecule has 124 valence electrons. The maximum absolute atomic E-state index is 5.68. The summed E-state index contributed by atoms with van der Waals surface area (Å²) in [5.41, 5.74) is 0. The number of aromatic nitrogens is 2. The predicted molar refractivity (Wildman–Crippen MR) is 88.4 cm³/mol. The zero-order chi connectivity index (χ0) is 15.8. The number of anilines is 1. The molecular formula is C17H29N3O2. The van der Waals surface area contributed by atoms with E-state index in [2.05, 4.69) is 29.1 Å². The van der Waals surface area contributed by atoms with Gasteiger partial charge in [-0.15, -0.1) is 0 Å². The van der Waals surface area contributed by atoms with Gasteiger partial charge in [0.1, 0.15) is 18.2 Å². The minimum Gasteiger partial charge on any atom is -0.475 e. The molecule has 2 rings (SSSR count). The molecule has 1 fully saturated rings. The van der Waals surface area contributed by atoms with Crippen molar-refractivity contribution in [1.29, 1.82) is 0 Å². The summed E-state index contributed by atoms with van der Waals surface area (Å²) in [6.45, 7) is 5.43. The van der Waals surface area contributed by atoms with Gasteiger partial charge in [-0.25, -0.2) is 4.98 Å². The van der Waals surface area contributed by atoms with Crippen LogP contribution in [-0.2, 0) is 11.2 Å². The van der Waals surface area contributed by atoms with Gasteiger partial charge < -0.3 is 14.8 Å². The van der Waals surface area contributed by atoms with Gasteiger partial charge in [0.15, 0.2) is 0 Å². The normalized spacial score (nSPS) is 16.0. The maximum atomic E-state index is 5.68. The van der Waals surface area contributed by atoms with Crippen LogP contribution in [0.2, 0.25) is 0 Å². The summed E-state index contributed by atoms with van der Waals surface area (Å²) in [5.74, 6) is 2.91. The molecule has 1 heterocycles. The number of nitrogens with one attached hydrogen (secondary N) is 1. The molecule has 1 saturated carbocycles. The molecule has 0 amide bonds. The Morgan fingerprint density at radius 2 is 1.95 bits per heavy atom. The predicted octanol–water partition coefficient (Wildman–Crippen LogP) is 3.44. The van der Waals surface area contributed by atoms with E-state index in [-0.39, 0.29) is 0 Å². The fourth-order valence-electron chi connectivity index (χ4n) is 2.76. The summed E-state index contributed by atoms with van der Waals surface area (Å²) in [5, 5.41) is 3.56. The van der Waals surface area contributed by atoms with Crippen molar-refractivity contribution >= 4 is 5.82 Å². The second-order valence-corrected chi connectivity index (χ2v) is 6.43. The van der Waals surface area contributed by atoms with Crippen molar-refractivity contribution in [3.05, 3.63) is 11.9 Å². The SMILES string of the molecule is COCCOc1cc(NC2CCCCC2)nc(CC(C)C)n1.